The number of hydrogen-bond donors (Lipinski definition) is 3. The molecule has 4 atom stereocenters. The Morgan fingerprint density at radius 2 is 2.24 bits per heavy atom. The second-order valence-electron chi connectivity index (χ2n) is 6.07. The number of rotatable bonds is 9. The fourth-order valence-electron chi connectivity index (χ4n) is 3.19. The van der Waals surface area contributed by atoms with Gasteiger partial charge in [0.05, 0.1) is 12.6 Å². The third kappa shape index (κ3) is 5.65. The summed E-state index contributed by atoms with van der Waals surface area (Å²) in [5.74, 6) is 0. The van der Waals surface area contributed by atoms with Gasteiger partial charge in [0.2, 0.25) is 6.41 Å². The molecule has 138 valence electrons. The minimum atomic E-state index is -1.09. The maximum Gasteiger partial charge on any atom is 0.216 e. The third-order valence-corrected chi connectivity index (χ3v) is 4.80. The van der Waals surface area contributed by atoms with Gasteiger partial charge in [-0.1, -0.05) is 33.2 Å². The Kier molecular flexibility index (Phi) is 8.11. The van der Waals surface area contributed by atoms with E-state index in [-0.39, 0.29) is 18.7 Å². The highest BCUT2D eigenvalue weighted by atomic mass is 79.9. The number of hydrogen-bond acceptors (Lipinski definition) is 6. The van der Waals surface area contributed by atoms with Gasteiger partial charge in [-0.15, -0.1) is 0 Å². The molecule has 25 heavy (non-hydrogen) atoms. The SMILES string of the molecule is [N-]=[N+]=NCCCCN1C(O)O[C@H](CO)[C@H]1[C@H](N)Cc1cccc(Br)c1. The summed E-state index contributed by atoms with van der Waals surface area (Å²) in [5.41, 5.74) is 15.8. The zero-order chi connectivity index (χ0) is 18.2. The van der Waals surface area contributed by atoms with E-state index in [0.29, 0.717) is 25.9 Å². The Balaban J connectivity index is 2.02. The van der Waals surface area contributed by atoms with E-state index in [0.717, 1.165) is 16.5 Å². The smallest absolute Gasteiger partial charge is 0.216 e. The van der Waals surface area contributed by atoms with Crippen molar-refractivity contribution in [2.24, 2.45) is 10.8 Å². The Hall–Kier alpha value is -1.19. The molecule has 8 nitrogen and oxygen atoms in total. The fraction of sp³-hybridized carbons (Fsp3) is 0.625. The number of aliphatic hydroxyl groups excluding tert-OH is 2. The summed E-state index contributed by atoms with van der Waals surface area (Å²) in [5, 5.41) is 23.3. The number of nitrogens with zero attached hydrogens (tertiary/aromatic N) is 4. The van der Waals surface area contributed by atoms with Gasteiger partial charge in [-0.25, -0.2) is 4.90 Å². The van der Waals surface area contributed by atoms with Crippen LogP contribution >= 0.6 is 15.9 Å². The normalized spacial score (nSPS) is 24.9. The van der Waals surface area contributed by atoms with Crippen LogP contribution in [0.3, 0.4) is 0 Å². The van der Waals surface area contributed by atoms with Crippen LogP contribution < -0.4 is 5.73 Å². The molecule has 9 heteroatoms. The molecule has 0 saturated carbocycles. The molecule has 1 aliphatic rings. The second kappa shape index (κ2) is 10.1. The second-order valence-corrected chi connectivity index (χ2v) is 6.99. The van der Waals surface area contributed by atoms with Crippen molar-refractivity contribution >= 4 is 15.9 Å². The van der Waals surface area contributed by atoms with Crippen molar-refractivity contribution in [2.75, 3.05) is 19.7 Å². The van der Waals surface area contributed by atoms with Gasteiger partial charge in [-0.05, 0) is 42.5 Å². The predicted molar refractivity (Wildman–Crippen MR) is 97.5 cm³/mol. The van der Waals surface area contributed by atoms with Crippen molar-refractivity contribution in [3.05, 3.63) is 44.7 Å². The van der Waals surface area contributed by atoms with E-state index in [9.17, 15) is 10.2 Å². The van der Waals surface area contributed by atoms with Gasteiger partial charge in [0.15, 0.2) is 0 Å². The third-order valence-electron chi connectivity index (χ3n) is 4.31. The lowest BCUT2D eigenvalue weighted by Crippen LogP contribution is -2.52. The van der Waals surface area contributed by atoms with E-state index in [1.165, 1.54) is 0 Å². The van der Waals surface area contributed by atoms with Crippen LogP contribution in [0.4, 0.5) is 0 Å². The van der Waals surface area contributed by atoms with Gasteiger partial charge in [0.25, 0.3) is 0 Å². The van der Waals surface area contributed by atoms with Crippen molar-refractivity contribution in [1.29, 1.82) is 0 Å². The van der Waals surface area contributed by atoms with Crippen LogP contribution in [0.15, 0.2) is 33.9 Å². The summed E-state index contributed by atoms with van der Waals surface area (Å²) in [6, 6.07) is 7.30. The molecule has 1 saturated heterocycles. The highest BCUT2D eigenvalue weighted by molar-refractivity contribution is 9.10. The number of azide groups is 1. The van der Waals surface area contributed by atoms with Crippen LogP contribution in [0.2, 0.25) is 0 Å². The van der Waals surface area contributed by atoms with Gasteiger partial charge in [-0.2, -0.15) is 0 Å². The van der Waals surface area contributed by atoms with Crippen LogP contribution in [-0.2, 0) is 11.2 Å². The van der Waals surface area contributed by atoms with E-state index >= 15 is 0 Å². The molecule has 1 fully saturated rings. The van der Waals surface area contributed by atoms with Crippen molar-refractivity contribution in [3.63, 3.8) is 0 Å². The zero-order valence-corrected chi connectivity index (χ0v) is 15.5. The van der Waals surface area contributed by atoms with E-state index in [1.54, 1.807) is 4.90 Å². The largest absolute Gasteiger partial charge is 0.394 e. The predicted octanol–water partition coefficient (Wildman–Crippen LogP) is 1.75. The Bertz CT molecular complexity index is 599. The van der Waals surface area contributed by atoms with Crippen LogP contribution in [-0.4, -0.2) is 59.4 Å². The van der Waals surface area contributed by atoms with Crippen molar-refractivity contribution < 1.29 is 14.9 Å². The Morgan fingerprint density at radius 3 is 2.92 bits per heavy atom. The highest BCUT2D eigenvalue weighted by Crippen LogP contribution is 2.26. The summed E-state index contributed by atoms with van der Waals surface area (Å²) in [4.78, 5) is 4.50. The number of unbranched alkanes of at least 4 members (excludes halogenated alkanes) is 1. The van der Waals surface area contributed by atoms with E-state index in [1.807, 2.05) is 24.3 Å². The zero-order valence-electron chi connectivity index (χ0n) is 13.9. The molecule has 1 aromatic carbocycles. The molecule has 0 radical (unpaired) electrons. The van der Waals surface area contributed by atoms with E-state index in [4.69, 9.17) is 16.0 Å². The lowest BCUT2D eigenvalue weighted by Gasteiger charge is -2.31. The van der Waals surface area contributed by atoms with Gasteiger partial charge in [0, 0.05) is 28.5 Å². The van der Waals surface area contributed by atoms with Gasteiger partial charge in [0.1, 0.15) is 6.10 Å². The summed E-state index contributed by atoms with van der Waals surface area (Å²) in [6.45, 7) is 0.762. The van der Waals surface area contributed by atoms with Gasteiger partial charge < -0.3 is 20.7 Å². The molecule has 1 heterocycles. The average Bonchev–Trinajstić information content (AvgIpc) is 2.90. The number of nitrogens with two attached hydrogens (primary N) is 1. The average molecular weight is 414 g/mol. The van der Waals surface area contributed by atoms with E-state index < -0.39 is 12.5 Å². The minimum absolute atomic E-state index is 0.205. The molecule has 1 unspecified atom stereocenters. The number of ether oxygens (including phenoxy) is 1. The van der Waals surface area contributed by atoms with Gasteiger partial charge >= 0.3 is 0 Å². The lowest BCUT2D eigenvalue weighted by atomic mass is 9.95. The first-order valence-corrected chi connectivity index (χ1v) is 9.07. The van der Waals surface area contributed by atoms with Crippen molar-refractivity contribution in [3.8, 4) is 0 Å². The highest BCUT2D eigenvalue weighted by Gasteiger charge is 2.43. The molecule has 1 aromatic rings. The molecule has 0 aliphatic carbocycles. The molecular weight excluding hydrogens is 390 g/mol. The molecule has 0 spiro atoms. The molecule has 1 aliphatic heterocycles. The Morgan fingerprint density at radius 1 is 1.44 bits per heavy atom. The molecule has 0 amide bonds. The molecule has 0 aromatic heterocycles. The fourth-order valence-corrected chi connectivity index (χ4v) is 3.63. The number of benzene rings is 1. The summed E-state index contributed by atoms with van der Waals surface area (Å²) < 4.78 is 6.44. The topological polar surface area (TPSA) is 128 Å². The lowest BCUT2D eigenvalue weighted by molar-refractivity contribution is -0.155. The number of halogens is 1. The standard InChI is InChI=1S/C16H24BrN5O3/c17-12-5-3-4-11(8-12)9-13(18)15-14(10-23)25-16(24)22(15)7-2-1-6-20-21-19/h3-5,8,13-16,23-24H,1-2,6-7,9-10,18H2/t13-,14-,15-,16?/m1/s1. The molecule has 0 bridgehead atoms. The summed E-state index contributed by atoms with van der Waals surface area (Å²) in [6.07, 6.45) is 0.429. The first kappa shape index (κ1) is 20.1. The van der Waals surface area contributed by atoms with Crippen LogP contribution in [0.25, 0.3) is 10.4 Å². The monoisotopic (exact) mass is 413 g/mol. The summed E-state index contributed by atoms with van der Waals surface area (Å²) >= 11 is 3.45. The molecular formula is C16H24BrN5O3. The Labute approximate surface area is 155 Å². The van der Waals surface area contributed by atoms with Crippen molar-refractivity contribution in [2.45, 2.75) is 43.9 Å². The van der Waals surface area contributed by atoms with Gasteiger partial charge in [-0.3, -0.25) is 0 Å². The minimum Gasteiger partial charge on any atom is -0.394 e. The van der Waals surface area contributed by atoms with Crippen LogP contribution in [0.5, 0.6) is 0 Å². The van der Waals surface area contributed by atoms with Crippen molar-refractivity contribution in [1.82, 2.24) is 4.90 Å². The first-order valence-electron chi connectivity index (χ1n) is 8.28. The first-order chi connectivity index (χ1) is 12.1. The summed E-state index contributed by atoms with van der Waals surface area (Å²) in [7, 11) is 0. The molecule has 2 rings (SSSR count). The quantitative estimate of drug-likeness (QED) is 0.246. The van der Waals surface area contributed by atoms with Crippen LogP contribution in [0, 0.1) is 0 Å². The maximum atomic E-state index is 10.2. The maximum absolute atomic E-state index is 10.2. The molecule has 4 N–H and O–H groups in total. The van der Waals surface area contributed by atoms with E-state index in [2.05, 4.69) is 26.0 Å². The van der Waals surface area contributed by atoms with Crippen LogP contribution in [0.1, 0.15) is 18.4 Å². The number of aliphatic hydroxyl groups is 2.